The Morgan fingerprint density at radius 1 is 1.64 bits per heavy atom. The lowest BCUT2D eigenvalue weighted by Gasteiger charge is -2.14. The summed E-state index contributed by atoms with van der Waals surface area (Å²) in [6.07, 6.45) is 3.66. The maximum atomic E-state index is 5.41. The molecule has 1 aromatic rings. The van der Waals surface area contributed by atoms with Gasteiger partial charge in [-0.15, -0.1) is 0 Å². The molecule has 3 heteroatoms. The van der Waals surface area contributed by atoms with Crippen molar-refractivity contribution >= 4 is 0 Å². The van der Waals surface area contributed by atoms with Crippen molar-refractivity contribution in [3.05, 3.63) is 42.2 Å². The largest absolute Gasteiger partial charge is 0.271 e. The number of aromatic nitrogens is 1. The van der Waals surface area contributed by atoms with E-state index in [9.17, 15) is 0 Å². The van der Waals surface area contributed by atoms with Crippen LogP contribution < -0.4 is 11.3 Å². The number of hydrogen-bond acceptors (Lipinski definition) is 3. The Bertz CT molecular complexity index is 282. The standard InChI is InChI=1S/C11H17N3/c1-9(2)11(14-12)7-6-10-5-3-4-8-13-10/h3-5,8,11,14H,1,6-7,12H2,2H3. The minimum Gasteiger partial charge on any atom is -0.271 e. The van der Waals surface area contributed by atoms with E-state index in [-0.39, 0.29) is 6.04 Å². The highest BCUT2D eigenvalue weighted by molar-refractivity contribution is 5.06. The van der Waals surface area contributed by atoms with Gasteiger partial charge in [-0.05, 0) is 31.9 Å². The second kappa shape index (κ2) is 5.52. The van der Waals surface area contributed by atoms with Crippen LogP contribution >= 0.6 is 0 Å². The van der Waals surface area contributed by atoms with E-state index >= 15 is 0 Å². The van der Waals surface area contributed by atoms with Gasteiger partial charge in [0.15, 0.2) is 0 Å². The van der Waals surface area contributed by atoms with Crippen molar-refractivity contribution in [1.82, 2.24) is 10.4 Å². The Balaban J connectivity index is 2.44. The summed E-state index contributed by atoms with van der Waals surface area (Å²) < 4.78 is 0. The summed E-state index contributed by atoms with van der Waals surface area (Å²) in [7, 11) is 0. The number of nitrogens with two attached hydrogens (primary N) is 1. The van der Waals surface area contributed by atoms with E-state index in [1.54, 1.807) is 6.20 Å². The van der Waals surface area contributed by atoms with Crippen LogP contribution in [-0.4, -0.2) is 11.0 Å². The average molecular weight is 191 g/mol. The maximum Gasteiger partial charge on any atom is 0.0418 e. The third kappa shape index (κ3) is 3.28. The summed E-state index contributed by atoms with van der Waals surface area (Å²) in [4.78, 5) is 4.25. The topological polar surface area (TPSA) is 50.9 Å². The van der Waals surface area contributed by atoms with E-state index in [4.69, 9.17) is 5.84 Å². The van der Waals surface area contributed by atoms with Gasteiger partial charge in [0.2, 0.25) is 0 Å². The maximum absolute atomic E-state index is 5.41. The first kappa shape index (κ1) is 10.9. The van der Waals surface area contributed by atoms with Gasteiger partial charge in [-0.25, -0.2) is 0 Å². The first-order valence-corrected chi connectivity index (χ1v) is 4.75. The van der Waals surface area contributed by atoms with Crippen LogP contribution in [0, 0.1) is 0 Å². The van der Waals surface area contributed by atoms with Gasteiger partial charge < -0.3 is 0 Å². The second-order valence-electron chi connectivity index (χ2n) is 3.43. The summed E-state index contributed by atoms with van der Waals surface area (Å²) >= 11 is 0. The Morgan fingerprint density at radius 2 is 2.43 bits per heavy atom. The summed E-state index contributed by atoms with van der Waals surface area (Å²) in [5.41, 5.74) is 4.89. The molecule has 0 radical (unpaired) electrons. The first-order valence-electron chi connectivity index (χ1n) is 4.75. The van der Waals surface area contributed by atoms with E-state index in [1.807, 2.05) is 25.1 Å². The number of hydrazine groups is 1. The Morgan fingerprint density at radius 3 is 2.93 bits per heavy atom. The van der Waals surface area contributed by atoms with E-state index in [2.05, 4.69) is 17.0 Å². The minimum absolute atomic E-state index is 0.178. The zero-order chi connectivity index (χ0) is 10.4. The molecule has 0 aliphatic heterocycles. The molecular formula is C11H17N3. The fraction of sp³-hybridized carbons (Fsp3) is 0.364. The van der Waals surface area contributed by atoms with Crippen LogP contribution in [0.1, 0.15) is 19.0 Å². The van der Waals surface area contributed by atoms with Crippen LogP contribution in [0.3, 0.4) is 0 Å². The molecule has 76 valence electrons. The molecule has 0 spiro atoms. The lowest BCUT2D eigenvalue weighted by Crippen LogP contribution is -2.36. The van der Waals surface area contributed by atoms with Crippen LogP contribution in [0.25, 0.3) is 0 Å². The Labute approximate surface area is 85.0 Å². The lowest BCUT2D eigenvalue weighted by molar-refractivity contribution is 0.551. The molecule has 0 saturated heterocycles. The van der Waals surface area contributed by atoms with Crippen molar-refractivity contribution in [3.63, 3.8) is 0 Å². The molecule has 1 aromatic heterocycles. The Kier molecular flexibility index (Phi) is 4.29. The molecule has 3 nitrogen and oxygen atoms in total. The zero-order valence-corrected chi connectivity index (χ0v) is 8.53. The smallest absolute Gasteiger partial charge is 0.0418 e. The molecule has 0 saturated carbocycles. The highest BCUT2D eigenvalue weighted by Crippen LogP contribution is 2.06. The van der Waals surface area contributed by atoms with Gasteiger partial charge in [-0.3, -0.25) is 16.3 Å². The number of aryl methyl sites for hydroxylation is 1. The quantitative estimate of drug-likeness (QED) is 0.420. The van der Waals surface area contributed by atoms with Crippen molar-refractivity contribution < 1.29 is 0 Å². The summed E-state index contributed by atoms with van der Waals surface area (Å²) in [5, 5.41) is 0. The van der Waals surface area contributed by atoms with Crippen molar-refractivity contribution in [2.45, 2.75) is 25.8 Å². The fourth-order valence-corrected chi connectivity index (χ4v) is 1.31. The number of nitrogens with zero attached hydrogens (tertiary/aromatic N) is 1. The van der Waals surface area contributed by atoms with Crippen LogP contribution in [0.4, 0.5) is 0 Å². The highest BCUT2D eigenvalue weighted by atomic mass is 15.2. The van der Waals surface area contributed by atoms with Crippen molar-refractivity contribution in [2.24, 2.45) is 5.84 Å². The molecule has 1 atom stereocenters. The number of pyridine rings is 1. The minimum atomic E-state index is 0.178. The van der Waals surface area contributed by atoms with Crippen molar-refractivity contribution in [3.8, 4) is 0 Å². The van der Waals surface area contributed by atoms with E-state index < -0.39 is 0 Å². The molecule has 0 aliphatic rings. The number of rotatable bonds is 5. The van der Waals surface area contributed by atoms with Gasteiger partial charge in [0.1, 0.15) is 0 Å². The normalized spacial score (nSPS) is 12.4. The van der Waals surface area contributed by atoms with Crippen LogP contribution in [0.5, 0.6) is 0 Å². The molecule has 3 N–H and O–H groups in total. The van der Waals surface area contributed by atoms with Gasteiger partial charge in [0.05, 0.1) is 0 Å². The summed E-state index contributed by atoms with van der Waals surface area (Å²) in [6.45, 7) is 5.85. The lowest BCUT2D eigenvalue weighted by atomic mass is 10.0. The fourth-order valence-electron chi connectivity index (χ4n) is 1.31. The third-order valence-corrected chi connectivity index (χ3v) is 2.21. The van der Waals surface area contributed by atoms with Crippen LogP contribution in [0.2, 0.25) is 0 Å². The van der Waals surface area contributed by atoms with E-state index in [0.29, 0.717) is 0 Å². The Hall–Kier alpha value is -1.19. The molecule has 1 heterocycles. The number of nitrogens with one attached hydrogen (secondary N) is 1. The van der Waals surface area contributed by atoms with Gasteiger partial charge in [0, 0.05) is 17.9 Å². The molecule has 0 aliphatic carbocycles. The van der Waals surface area contributed by atoms with Crippen LogP contribution in [-0.2, 0) is 6.42 Å². The average Bonchev–Trinajstić information content (AvgIpc) is 2.20. The highest BCUT2D eigenvalue weighted by Gasteiger charge is 2.06. The molecule has 0 aromatic carbocycles. The van der Waals surface area contributed by atoms with E-state index in [0.717, 1.165) is 24.1 Å². The molecule has 0 amide bonds. The molecule has 1 rings (SSSR count). The first-order chi connectivity index (χ1) is 6.74. The van der Waals surface area contributed by atoms with Crippen molar-refractivity contribution in [1.29, 1.82) is 0 Å². The number of hydrogen-bond donors (Lipinski definition) is 2. The SMILES string of the molecule is C=C(C)C(CCc1ccccn1)NN. The van der Waals surface area contributed by atoms with Gasteiger partial charge >= 0.3 is 0 Å². The molecule has 0 fully saturated rings. The predicted molar refractivity (Wildman–Crippen MR) is 58.5 cm³/mol. The van der Waals surface area contributed by atoms with Crippen LogP contribution in [0.15, 0.2) is 36.5 Å². The monoisotopic (exact) mass is 191 g/mol. The zero-order valence-electron chi connectivity index (χ0n) is 8.53. The van der Waals surface area contributed by atoms with E-state index in [1.165, 1.54) is 0 Å². The van der Waals surface area contributed by atoms with Gasteiger partial charge in [-0.2, -0.15) is 0 Å². The van der Waals surface area contributed by atoms with Gasteiger partial charge in [-0.1, -0.05) is 18.2 Å². The molecule has 0 bridgehead atoms. The summed E-state index contributed by atoms with van der Waals surface area (Å²) in [5.74, 6) is 5.41. The molecular weight excluding hydrogens is 174 g/mol. The molecule has 14 heavy (non-hydrogen) atoms. The second-order valence-corrected chi connectivity index (χ2v) is 3.43. The molecule has 1 unspecified atom stereocenters. The van der Waals surface area contributed by atoms with Crippen molar-refractivity contribution in [2.75, 3.05) is 0 Å². The summed E-state index contributed by atoms with van der Waals surface area (Å²) in [6, 6.07) is 6.11. The third-order valence-electron chi connectivity index (χ3n) is 2.21. The van der Waals surface area contributed by atoms with Gasteiger partial charge in [0.25, 0.3) is 0 Å². The predicted octanol–water partition coefficient (Wildman–Crippen LogP) is 1.42.